The molecule has 0 unspecified atom stereocenters. The predicted molar refractivity (Wildman–Crippen MR) is 52.2 cm³/mol. The van der Waals surface area contributed by atoms with Crippen LogP contribution in [0.3, 0.4) is 0 Å². The maximum Gasteiger partial charge on any atom is 0.423 e. The molecule has 2 nitrogen and oxygen atoms in total. The second-order valence-corrected chi connectivity index (χ2v) is 4.30. The number of alkyl halides is 6. The summed E-state index contributed by atoms with van der Waals surface area (Å²) in [7, 11) is 0. The van der Waals surface area contributed by atoms with Crippen molar-refractivity contribution < 1.29 is 35.8 Å². The lowest BCUT2D eigenvalue weighted by molar-refractivity contribution is -0.323. The third-order valence-electron chi connectivity index (χ3n) is 2.31. The average Bonchev–Trinajstić information content (AvgIpc) is 2.13. The molecule has 0 saturated heterocycles. The smallest absolute Gasteiger partial charge is 0.373 e. The minimum Gasteiger partial charge on any atom is -0.373 e. The lowest BCUT2D eigenvalue weighted by atomic mass is 10.1. The molecule has 0 N–H and O–H groups in total. The van der Waals surface area contributed by atoms with Gasteiger partial charge in [-0.1, -0.05) is 6.92 Å². The van der Waals surface area contributed by atoms with E-state index in [1.807, 2.05) is 0 Å². The fourth-order valence-corrected chi connectivity index (χ4v) is 0.961. The zero-order valence-electron chi connectivity index (χ0n) is 10.3. The third-order valence-corrected chi connectivity index (χ3v) is 2.31. The summed E-state index contributed by atoms with van der Waals surface area (Å²) in [6.45, 7) is 4.04. The summed E-state index contributed by atoms with van der Waals surface area (Å²) in [5.74, 6) is 0. The van der Waals surface area contributed by atoms with Crippen molar-refractivity contribution in [2.45, 2.75) is 51.2 Å². The van der Waals surface area contributed by atoms with Gasteiger partial charge in [-0.15, -0.1) is 0 Å². The summed E-state index contributed by atoms with van der Waals surface area (Å²) in [6.07, 6.45) is -14.1. The predicted octanol–water partition coefficient (Wildman–Crippen LogP) is 3.70. The van der Waals surface area contributed by atoms with Gasteiger partial charge in [0.1, 0.15) is 0 Å². The number of ether oxygens (including phenoxy) is 2. The summed E-state index contributed by atoms with van der Waals surface area (Å²) in [4.78, 5) is 0. The Hall–Kier alpha value is -0.500. The molecule has 0 aromatic heterocycles. The van der Waals surface area contributed by atoms with Gasteiger partial charge in [-0.3, -0.25) is 0 Å². The molecule has 0 amide bonds. The van der Waals surface area contributed by atoms with Gasteiger partial charge < -0.3 is 9.47 Å². The number of hydrogen-bond acceptors (Lipinski definition) is 2. The number of rotatable bonds is 6. The molecular weight excluding hydrogens is 266 g/mol. The Kier molecular flexibility index (Phi) is 5.93. The molecule has 8 heteroatoms. The highest BCUT2D eigenvalue weighted by atomic mass is 19.4. The van der Waals surface area contributed by atoms with Crippen molar-refractivity contribution in [3.05, 3.63) is 0 Å². The van der Waals surface area contributed by atoms with Gasteiger partial charge >= 0.3 is 12.4 Å². The zero-order chi connectivity index (χ0) is 14.6. The molecule has 0 atom stereocenters. The first-order valence-electron chi connectivity index (χ1n) is 5.29. The van der Waals surface area contributed by atoms with Gasteiger partial charge in [0, 0.05) is 0 Å². The van der Waals surface area contributed by atoms with Gasteiger partial charge in [-0.2, -0.15) is 26.3 Å². The van der Waals surface area contributed by atoms with Crippen molar-refractivity contribution in [3.8, 4) is 0 Å². The molecule has 0 aromatic carbocycles. The Bertz CT molecular complexity index is 232. The standard InChI is InChI=1S/C10H16F6O2/c1-4-8(2,3)18-6-5-17-7(9(11,12)13)10(14,15)16/h7H,4-6H2,1-3H3. The van der Waals surface area contributed by atoms with Gasteiger partial charge in [0.15, 0.2) is 0 Å². The number of hydrogen-bond donors (Lipinski definition) is 0. The monoisotopic (exact) mass is 282 g/mol. The quantitative estimate of drug-likeness (QED) is 0.546. The molecule has 0 saturated carbocycles. The SMILES string of the molecule is CCC(C)(C)OCCOC(C(F)(F)F)C(F)(F)F. The third kappa shape index (κ3) is 6.44. The van der Waals surface area contributed by atoms with Crippen molar-refractivity contribution in [2.24, 2.45) is 0 Å². The summed E-state index contributed by atoms with van der Waals surface area (Å²) >= 11 is 0. The average molecular weight is 282 g/mol. The highest BCUT2D eigenvalue weighted by molar-refractivity contribution is 4.76. The highest BCUT2D eigenvalue weighted by Gasteiger charge is 2.57. The van der Waals surface area contributed by atoms with E-state index in [-0.39, 0.29) is 6.61 Å². The van der Waals surface area contributed by atoms with Crippen LogP contribution in [0.15, 0.2) is 0 Å². The molecule has 0 aliphatic carbocycles. The van der Waals surface area contributed by atoms with Crippen LogP contribution in [0.2, 0.25) is 0 Å². The van der Waals surface area contributed by atoms with Gasteiger partial charge in [-0.05, 0) is 20.3 Å². The van der Waals surface area contributed by atoms with E-state index in [0.717, 1.165) is 0 Å². The van der Waals surface area contributed by atoms with Crippen molar-refractivity contribution in [1.82, 2.24) is 0 Å². The largest absolute Gasteiger partial charge is 0.423 e. The molecule has 0 fully saturated rings. The molecule has 18 heavy (non-hydrogen) atoms. The lowest BCUT2D eigenvalue weighted by Gasteiger charge is -2.26. The van der Waals surface area contributed by atoms with Gasteiger partial charge in [0.05, 0.1) is 18.8 Å². The maximum absolute atomic E-state index is 12.1. The normalized spacial score (nSPS) is 14.3. The van der Waals surface area contributed by atoms with Crippen LogP contribution < -0.4 is 0 Å². The van der Waals surface area contributed by atoms with Crippen LogP contribution in [-0.4, -0.2) is 37.3 Å². The van der Waals surface area contributed by atoms with E-state index in [9.17, 15) is 26.3 Å². The molecule has 0 radical (unpaired) electrons. The van der Waals surface area contributed by atoms with Crippen LogP contribution in [-0.2, 0) is 9.47 Å². The first-order valence-corrected chi connectivity index (χ1v) is 5.29. The van der Waals surface area contributed by atoms with Crippen LogP contribution in [0, 0.1) is 0 Å². The van der Waals surface area contributed by atoms with Gasteiger partial charge in [0.2, 0.25) is 6.10 Å². The molecule has 0 heterocycles. The topological polar surface area (TPSA) is 18.5 Å². The molecule has 0 aliphatic heterocycles. The molecule has 0 aromatic rings. The molecular formula is C10H16F6O2. The van der Waals surface area contributed by atoms with E-state index in [4.69, 9.17) is 4.74 Å². The molecule has 0 bridgehead atoms. The van der Waals surface area contributed by atoms with Crippen LogP contribution in [0.25, 0.3) is 0 Å². The lowest BCUT2D eigenvalue weighted by Crippen LogP contribution is -2.45. The molecule has 0 aliphatic rings. The Balaban J connectivity index is 4.24. The maximum atomic E-state index is 12.1. The Morgan fingerprint density at radius 2 is 1.33 bits per heavy atom. The zero-order valence-corrected chi connectivity index (χ0v) is 10.3. The Morgan fingerprint density at radius 3 is 1.67 bits per heavy atom. The van der Waals surface area contributed by atoms with Crippen LogP contribution >= 0.6 is 0 Å². The van der Waals surface area contributed by atoms with Crippen LogP contribution in [0.4, 0.5) is 26.3 Å². The number of halogens is 6. The van der Waals surface area contributed by atoms with Crippen molar-refractivity contribution >= 4 is 0 Å². The first kappa shape index (κ1) is 17.5. The van der Waals surface area contributed by atoms with E-state index in [0.29, 0.717) is 6.42 Å². The fraction of sp³-hybridized carbons (Fsp3) is 1.00. The second kappa shape index (κ2) is 6.10. The second-order valence-electron chi connectivity index (χ2n) is 4.30. The molecule has 0 spiro atoms. The van der Waals surface area contributed by atoms with E-state index in [1.165, 1.54) is 0 Å². The van der Waals surface area contributed by atoms with Crippen molar-refractivity contribution in [1.29, 1.82) is 0 Å². The highest BCUT2D eigenvalue weighted by Crippen LogP contribution is 2.35. The Labute approximate surface area is 101 Å². The first-order chi connectivity index (χ1) is 7.90. The van der Waals surface area contributed by atoms with Gasteiger partial charge in [-0.25, -0.2) is 0 Å². The van der Waals surface area contributed by atoms with E-state index in [2.05, 4.69) is 4.74 Å². The summed E-state index contributed by atoms with van der Waals surface area (Å²) in [5.41, 5.74) is -0.602. The van der Waals surface area contributed by atoms with Crippen LogP contribution in [0.1, 0.15) is 27.2 Å². The summed E-state index contributed by atoms with van der Waals surface area (Å²) in [6, 6.07) is 0. The van der Waals surface area contributed by atoms with Crippen molar-refractivity contribution in [2.75, 3.05) is 13.2 Å². The van der Waals surface area contributed by atoms with Gasteiger partial charge in [0.25, 0.3) is 0 Å². The van der Waals surface area contributed by atoms with E-state index in [1.54, 1.807) is 20.8 Å². The summed E-state index contributed by atoms with van der Waals surface area (Å²) in [5, 5.41) is 0. The minimum absolute atomic E-state index is 0.330. The molecule has 110 valence electrons. The van der Waals surface area contributed by atoms with E-state index < -0.39 is 30.7 Å². The van der Waals surface area contributed by atoms with Crippen LogP contribution in [0.5, 0.6) is 0 Å². The fourth-order valence-electron chi connectivity index (χ4n) is 0.961. The Morgan fingerprint density at radius 1 is 0.889 bits per heavy atom. The molecule has 0 rings (SSSR count). The summed E-state index contributed by atoms with van der Waals surface area (Å²) < 4.78 is 81.3. The van der Waals surface area contributed by atoms with E-state index >= 15 is 0 Å². The van der Waals surface area contributed by atoms with Crippen molar-refractivity contribution in [3.63, 3.8) is 0 Å². The minimum atomic E-state index is -5.47.